The topological polar surface area (TPSA) is 42.2 Å². The molecule has 22 heavy (non-hydrogen) atoms. The molecule has 0 aromatic carbocycles. The Balaban J connectivity index is 2.00. The van der Waals surface area contributed by atoms with Crippen molar-refractivity contribution in [2.24, 2.45) is 0 Å². The van der Waals surface area contributed by atoms with Crippen LogP contribution in [0.15, 0.2) is 42.9 Å². The Morgan fingerprint density at radius 1 is 1.23 bits per heavy atom. The van der Waals surface area contributed by atoms with Crippen molar-refractivity contribution in [2.45, 2.75) is 32.7 Å². The highest BCUT2D eigenvalue weighted by molar-refractivity contribution is 6.36. The minimum absolute atomic E-state index is 0.100. The van der Waals surface area contributed by atoms with Crippen LogP contribution >= 0.6 is 0 Å². The van der Waals surface area contributed by atoms with Crippen LogP contribution < -0.4 is 10.8 Å². The first kappa shape index (κ1) is 14.6. The number of rotatable bonds is 3. The lowest BCUT2D eigenvalue weighted by Crippen LogP contribution is -2.15. The third-order valence-corrected chi connectivity index (χ3v) is 3.87. The number of hydrogen-bond acceptors (Lipinski definition) is 3. The summed E-state index contributed by atoms with van der Waals surface area (Å²) in [5, 5.41) is 7.98. The van der Waals surface area contributed by atoms with Gasteiger partial charge in [-0.2, -0.15) is 5.10 Å². The number of fused-ring (bicyclic) bond motifs is 1. The van der Waals surface area contributed by atoms with Crippen LogP contribution in [0.4, 0.5) is 5.82 Å². The van der Waals surface area contributed by atoms with Crippen molar-refractivity contribution in [1.82, 2.24) is 14.6 Å². The molecule has 0 spiro atoms. The lowest BCUT2D eigenvalue weighted by atomic mass is 9.86. The first-order chi connectivity index (χ1) is 10.4. The molecule has 0 amide bonds. The van der Waals surface area contributed by atoms with Crippen molar-refractivity contribution in [3.63, 3.8) is 0 Å². The quantitative estimate of drug-likeness (QED) is 0.750. The van der Waals surface area contributed by atoms with E-state index < -0.39 is 0 Å². The Hall–Kier alpha value is -2.30. The van der Waals surface area contributed by atoms with Gasteiger partial charge in [-0.1, -0.05) is 26.8 Å². The Kier molecular flexibility index (Phi) is 3.65. The molecule has 0 saturated carbocycles. The average molecular weight is 292 g/mol. The maximum atomic E-state index is 4.49. The fourth-order valence-electron chi connectivity index (χ4n) is 2.46. The Labute approximate surface area is 132 Å². The second-order valence-electron chi connectivity index (χ2n) is 6.72. The fraction of sp³-hybridized carbons (Fsp3) is 0.294. The van der Waals surface area contributed by atoms with Crippen LogP contribution in [-0.2, 0) is 12.0 Å². The van der Waals surface area contributed by atoms with Gasteiger partial charge in [-0.15, -0.1) is 0 Å². The molecule has 5 heteroatoms. The van der Waals surface area contributed by atoms with E-state index >= 15 is 0 Å². The van der Waals surface area contributed by atoms with Gasteiger partial charge in [0.25, 0.3) is 0 Å². The number of anilines is 1. The van der Waals surface area contributed by atoms with E-state index in [9.17, 15) is 0 Å². The van der Waals surface area contributed by atoms with Gasteiger partial charge in [-0.3, -0.25) is 4.98 Å². The molecule has 0 atom stereocenters. The van der Waals surface area contributed by atoms with Gasteiger partial charge in [0.15, 0.2) is 0 Å². The van der Waals surface area contributed by atoms with Crippen molar-refractivity contribution in [2.75, 3.05) is 5.32 Å². The van der Waals surface area contributed by atoms with Crippen molar-refractivity contribution < 1.29 is 0 Å². The third-order valence-electron chi connectivity index (χ3n) is 3.87. The SMILES string of the molecule is Bc1cnn2c(NCc3cccnc3)cc(C(C)(C)C)cc12. The highest BCUT2D eigenvalue weighted by Crippen LogP contribution is 2.26. The monoisotopic (exact) mass is 292 g/mol. The highest BCUT2D eigenvalue weighted by atomic mass is 15.3. The largest absolute Gasteiger partial charge is 0.366 e. The molecule has 3 heterocycles. The van der Waals surface area contributed by atoms with Gasteiger partial charge in [-0.25, -0.2) is 4.52 Å². The van der Waals surface area contributed by atoms with E-state index in [0.717, 1.165) is 23.4 Å². The molecule has 112 valence electrons. The van der Waals surface area contributed by atoms with E-state index in [1.54, 1.807) is 6.20 Å². The zero-order valence-electron chi connectivity index (χ0n) is 13.6. The van der Waals surface area contributed by atoms with E-state index in [4.69, 9.17) is 0 Å². The molecule has 0 bridgehead atoms. The second-order valence-corrected chi connectivity index (χ2v) is 6.72. The summed E-state index contributed by atoms with van der Waals surface area (Å²) in [7, 11) is 2.10. The van der Waals surface area contributed by atoms with Crippen LogP contribution in [0.25, 0.3) is 5.52 Å². The van der Waals surface area contributed by atoms with Gasteiger partial charge in [-0.05, 0) is 40.2 Å². The molecule has 0 radical (unpaired) electrons. The molecule has 0 unspecified atom stereocenters. The molecule has 4 nitrogen and oxygen atoms in total. The van der Waals surface area contributed by atoms with Gasteiger partial charge in [0, 0.05) is 25.1 Å². The normalized spacial score (nSPS) is 11.8. The third kappa shape index (κ3) is 2.84. The zero-order chi connectivity index (χ0) is 15.7. The summed E-state index contributed by atoms with van der Waals surface area (Å²) in [6.07, 6.45) is 5.59. The second kappa shape index (κ2) is 5.48. The molecule has 0 saturated heterocycles. The lowest BCUT2D eigenvalue weighted by molar-refractivity contribution is 0.589. The van der Waals surface area contributed by atoms with Gasteiger partial charge in [0.05, 0.1) is 5.52 Å². The van der Waals surface area contributed by atoms with Crippen LogP contribution in [0.5, 0.6) is 0 Å². The van der Waals surface area contributed by atoms with Gasteiger partial charge >= 0.3 is 0 Å². The summed E-state index contributed by atoms with van der Waals surface area (Å²) in [5.74, 6) is 1.01. The van der Waals surface area contributed by atoms with Crippen molar-refractivity contribution in [3.05, 3.63) is 54.0 Å². The standard InChI is InChI=1S/C17H21BN4/c1-17(2,3)13-7-15-14(18)11-21-22(15)16(8-13)20-10-12-5-4-6-19-9-12/h4-9,11,20H,10,18H2,1-3H3. The van der Waals surface area contributed by atoms with Crippen LogP contribution in [0.1, 0.15) is 31.9 Å². The molecular weight excluding hydrogens is 271 g/mol. The Morgan fingerprint density at radius 2 is 2.05 bits per heavy atom. The summed E-state index contributed by atoms with van der Waals surface area (Å²) >= 11 is 0. The number of aromatic nitrogens is 3. The van der Waals surface area contributed by atoms with Crippen molar-refractivity contribution >= 4 is 24.6 Å². The first-order valence-electron chi connectivity index (χ1n) is 7.57. The maximum absolute atomic E-state index is 4.49. The Bertz CT molecular complexity index is 788. The molecule has 3 aromatic rings. The lowest BCUT2D eigenvalue weighted by Gasteiger charge is -2.21. The van der Waals surface area contributed by atoms with Crippen molar-refractivity contribution in [1.29, 1.82) is 0 Å². The number of pyridine rings is 2. The van der Waals surface area contributed by atoms with Crippen molar-refractivity contribution in [3.8, 4) is 0 Å². The smallest absolute Gasteiger partial charge is 0.144 e. The average Bonchev–Trinajstić information content (AvgIpc) is 2.87. The predicted octanol–water partition coefficient (Wildman–Crippen LogP) is 1.90. The summed E-state index contributed by atoms with van der Waals surface area (Å²) in [5.41, 5.74) is 4.90. The molecule has 3 rings (SSSR count). The van der Waals surface area contributed by atoms with Crippen LogP contribution in [0.3, 0.4) is 0 Å². The van der Waals surface area contributed by atoms with E-state index in [0.29, 0.717) is 0 Å². The van der Waals surface area contributed by atoms with Gasteiger partial charge in [0.2, 0.25) is 0 Å². The predicted molar refractivity (Wildman–Crippen MR) is 93.6 cm³/mol. The molecule has 1 N–H and O–H groups in total. The summed E-state index contributed by atoms with van der Waals surface area (Å²) < 4.78 is 1.97. The van der Waals surface area contributed by atoms with Crippen LogP contribution in [0, 0.1) is 0 Å². The maximum Gasteiger partial charge on any atom is 0.144 e. The van der Waals surface area contributed by atoms with Crippen LogP contribution in [0.2, 0.25) is 0 Å². The van der Waals surface area contributed by atoms with E-state index in [1.165, 1.54) is 11.0 Å². The Morgan fingerprint density at radius 3 is 2.73 bits per heavy atom. The van der Waals surface area contributed by atoms with E-state index in [2.05, 4.69) is 62.2 Å². The minimum atomic E-state index is 0.100. The highest BCUT2D eigenvalue weighted by Gasteiger charge is 2.17. The van der Waals surface area contributed by atoms with E-state index in [-0.39, 0.29) is 5.41 Å². The number of nitrogens with zero attached hydrogens (tertiary/aromatic N) is 3. The van der Waals surface area contributed by atoms with Gasteiger partial charge in [0.1, 0.15) is 13.7 Å². The number of nitrogens with one attached hydrogen (secondary N) is 1. The summed E-state index contributed by atoms with van der Waals surface area (Å²) in [4.78, 5) is 4.16. The fourth-order valence-corrected chi connectivity index (χ4v) is 2.46. The molecule has 3 aromatic heterocycles. The summed E-state index contributed by atoms with van der Waals surface area (Å²) in [6, 6.07) is 8.45. The van der Waals surface area contributed by atoms with E-state index in [1.807, 2.05) is 23.0 Å². The zero-order valence-corrected chi connectivity index (χ0v) is 13.6. The molecule has 0 aliphatic rings. The number of hydrogen-bond donors (Lipinski definition) is 1. The molecule has 0 aliphatic heterocycles. The molecule has 0 fully saturated rings. The molecule has 0 aliphatic carbocycles. The van der Waals surface area contributed by atoms with Gasteiger partial charge < -0.3 is 5.32 Å². The molecular formula is C17H21BN4. The first-order valence-corrected chi connectivity index (χ1v) is 7.57. The van der Waals surface area contributed by atoms with Crippen LogP contribution in [-0.4, -0.2) is 22.4 Å². The summed E-state index contributed by atoms with van der Waals surface area (Å²) in [6.45, 7) is 7.43. The minimum Gasteiger partial charge on any atom is -0.366 e.